The van der Waals surface area contributed by atoms with Gasteiger partial charge in [0.15, 0.2) is 5.65 Å². The second kappa shape index (κ2) is 6.68. The van der Waals surface area contributed by atoms with E-state index in [4.69, 9.17) is 0 Å². The van der Waals surface area contributed by atoms with E-state index in [0.717, 1.165) is 48.4 Å². The van der Waals surface area contributed by atoms with Gasteiger partial charge in [-0.2, -0.15) is 10.2 Å². The molecule has 1 aliphatic heterocycles. The number of aryl methyl sites for hydroxylation is 1. The molecule has 9 nitrogen and oxygen atoms in total. The van der Waals surface area contributed by atoms with Gasteiger partial charge >= 0.3 is 0 Å². The van der Waals surface area contributed by atoms with Crippen molar-refractivity contribution in [3.8, 4) is 0 Å². The maximum atomic E-state index is 12.7. The molecule has 0 amide bonds. The van der Waals surface area contributed by atoms with Crippen LogP contribution in [0.15, 0.2) is 47.8 Å². The van der Waals surface area contributed by atoms with Crippen molar-refractivity contribution in [3.63, 3.8) is 0 Å². The number of benzene rings is 1. The third-order valence-electron chi connectivity index (χ3n) is 5.28. The topological polar surface area (TPSA) is 85.0 Å². The number of nitrogens with zero attached hydrogens (tertiary/aromatic N) is 8. The summed E-state index contributed by atoms with van der Waals surface area (Å²) in [4.78, 5) is 25.9. The van der Waals surface area contributed by atoms with Gasteiger partial charge in [0.2, 0.25) is 0 Å². The van der Waals surface area contributed by atoms with E-state index >= 15 is 0 Å². The first kappa shape index (κ1) is 16.8. The largest absolute Gasteiger partial charge is 0.353 e. The second-order valence-electron chi connectivity index (χ2n) is 6.99. The summed E-state index contributed by atoms with van der Waals surface area (Å²) in [5.41, 5.74) is 0.785. The molecule has 142 valence electrons. The molecule has 4 heterocycles. The van der Waals surface area contributed by atoms with E-state index < -0.39 is 0 Å². The molecule has 0 unspecified atom stereocenters. The normalized spacial score (nSPS) is 15.5. The van der Waals surface area contributed by atoms with Gasteiger partial charge in [-0.25, -0.2) is 14.6 Å². The van der Waals surface area contributed by atoms with E-state index in [1.165, 1.54) is 0 Å². The maximum absolute atomic E-state index is 12.7. The van der Waals surface area contributed by atoms with Crippen molar-refractivity contribution in [1.29, 1.82) is 0 Å². The van der Waals surface area contributed by atoms with Gasteiger partial charge in [-0.05, 0) is 6.07 Å². The van der Waals surface area contributed by atoms with Crippen LogP contribution in [0, 0.1) is 0 Å². The Kier molecular flexibility index (Phi) is 4.01. The highest BCUT2D eigenvalue weighted by Crippen LogP contribution is 2.23. The summed E-state index contributed by atoms with van der Waals surface area (Å²) in [5, 5.41) is 11.2. The van der Waals surface area contributed by atoms with E-state index in [1.54, 1.807) is 21.9 Å². The fraction of sp³-hybridized carbons (Fsp3) is 0.316. The second-order valence-corrected chi connectivity index (χ2v) is 6.99. The molecule has 1 aliphatic rings. The molecule has 0 bridgehead atoms. The molecule has 1 aromatic carbocycles. The van der Waals surface area contributed by atoms with Crippen molar-refractivity contribution in [2.75, 3.05) is 31.1 Å². The minimum Gasteiger partial charge on any atom is -0.353 e. The minimum absolute atomic E-state index is 0.0478. The number of rotatable bonds is 3. The summed E-state index contributed by atoms with van der Waals surface area (Å²) < 4.78 is 3.30. The number of anilines is 1. The van der Waals surface area contributed by atoms with E-state index in [0.29, 0.717) is 12.1 Å². The molecule has 0 spiro atoms. The fourth-order valence-electron chi connectivity index (χ4n) is 3.72. The van der Waals surface area contributed by atoms with Gasteiger partial charge in [0, 0.05) is 38.6 Å². The third-order valence-corrected chi connectivity index (χ3v) is 5.28. The van der Waals surface area contributed by atoms with Gasteiger partial charge in [-0.3, -0.25) is 14.4 Å². The molecule has 4 aromatic rings. The minimum atomic E-state index is -0.0478. The Morgan fingerprint density at radius 1 is 0.964 bits per heavy atom. The van der Waals surface area contributed by atoms with Gasteiger partial charge in [0.05, 0.1) is 29.8 Å². The molecule has 0 saturated carbocycles. The van der Waals surface area contributed by atoms with Crippen LogP contribution in [0.2, 0.25) is 0 Å². The molecular weight excluding hydrogens is 356 g/mol. The number of piperazine rings is 1. The van der Waals surface area contributed by atoms with Crippen LogP contribution in [0.5, 0.6) is 0 Å². The summed E-state index contributed by atoms with van der Waals surface area (Å²) in [6.45, 7) is 3.79. The molecule has 0 N–H and O–H groups in total. The average molecular weight is 376 g/mol. The molecule has 28 heavy (non-hydrogen) atoms. The van der Waals surface area contributed by atoms with Crippen LogP contribution in [0.1, 0.15) is 0 Å². The van der Waals surface area contributed by atoms with Crippen LogP contribution in [0.25, 0.3) is 21.8 Å². The molecule has 1 fully saturated rings. The lowest BCUT2D eigenvalue weighted by Gasteiger charge is -2.35. The highest BCUT2D eigenvalue weighted by Gasteiger charge is 2.21. The highest BCUT2D eigenvalue weighted by atomic mass is 16.1. The summed E-state index contributed by atoms with van der Waals surface area (Å²) in [6.07, 6.45) is 5.16. The zero-order chi connectivity index (χ0) is 19.1. The molecular formula is C19H20N8O. The maximum Gasteiger partial charge on any atom is 0.275 e. The van der Waals surface area contributed by atoms with Gasteiger partial charge in [-0.15, -0.1) is 0 Å². The smallest absolute Gasteiger partial charge is 0.275 e. The summed E-state index contributed by atoms with van der Waals surface area (Å²) in [6, 6.07) is 7.56. The van der Waals surface area contributed by atoms with Crippen molar-refractivity contribution in [3.05, 3.63) is 53.3 Å². The van der Waals surface area contributed by atoms with E-state index in [2.05, 4.69) is 30.0 Å². The van der Waals surface area contributed by atoms with E-state index in [1.807, 2.05) is 37.5 Å². The number of aromatic nitrogens is 6. The quantitative estimate of drug-likeness (QED) is 0.524. The Hall–Kier alpha value is -3.33. The molecule has 0 atom stereocenters. The lowest BCUT2D eigenvalue weighted by atomic mass is 10.2. The first-order valence-electron chi connectivity index (χ1n) is 9.25. The molecule has 1 saturated heterocycles. The van der Waals surface area contributed by atoms with Crippen molar-refractivity contribution in [2.24, 2.45) is 7.05 Å². The number of hydrogen-bond acceptors (Lipinski definition) is 7. The predicted molar refractivity (Wildman–Crippen MR) is 106 cm³/mol. The third kappa shape index (κ3) is 2.80. The first-order valence-corrected chi connectivity index (χ1v) is 9.25. The number of fused-ring (bicyclic) bond motifs is 2. The Bertz CT molecular complexity index is 1210. The van der Waals surface area contributed by atoms with Gasteiger partial charge in [0.1, 0.15) is 12.1 Å². The Morgan fingerprint density at radius 3 is 2.64 bits per heavy atom. The van der Waals surface area contributed by atoms with Crippen LogP contribution < -0.4 is 10.5 Å². The predicted octanol–water partition coefficient (Wildman–Crippen LogP) is 0.853. The van der Waals surface area contributed by atoms with Crippen LogP contribution in [0.4, 0.5) is 5.82 Å². The van der Waals surface area contributed by atoms with Crippen molar-refractivity contribution < 1.29 is 0 Å². The molecule has 0 aliphatic carbocycles. The molecule has 5 rings (SSSR count). The molecule has 0 radical (unpaired) electrons. The Balaban J connectivity index is 1.32. The van der Waals surface area contributed by atoms with Gasteiger partial charge < -0.3 is 4.90 Å². The fourth-order valence-corrected chi connectivity index (χ4v) is 3.72. The molecule has 3 aromatic heterocycles. The zero-order valence-corrected chi connectivity index (χ0v) is 15.6. The highest BCUT2D eigenvalue weighted by molar-refractivity contribution is 5.86. The van der Waals surface area contributed by atoms with E-state index in [-0.39, 0.29) is 5.56 Å². The first-order chi connectivity index (χ1) is 13.7. The zero-order valence-electron chi connectivity index (χ0n) is 15.6. The van der Waals surface area contributed by atoms with Crippen molar-refractivity contribution in [1.82, 2.24) is 34.4 Å². The summed E-state index contributed by atoms with van der Waals surface area (Å²) in [7, 11) is 1.88. The lowest BCUT2D eigenvalue weighted by Crippen LogP contribution is -2.48. The van der Waals surface area contributed by atoms with E-state index in [9.17, 15) is 4.79 Å². The van der Waals surface area contributed by atoms with Crippen molar-refractivity contribution in [2.45, 2.75) is 6.67 Å². The Morgan fingerprint density at radius 2 is 1.79 bits per heavy atom. The molecule has 9 heteroatoms. The SMILES string of the molecule is Cn1ncc2c(N3CCN(Cn4ncc5ccccc5c4=O)CC3)ncnc21. The summed E-state index contributed by atoms with van der Waals surface area (Å²) >= 11 is 0. The van der Waals surface area contributed by atoms with Crippen molar-refractivity contribution >= 4 is 27.6 Å². The lowest BCUT2D eigenvalue weighted by molar-refractivity contribution is 0.192. The van der Waals surface area contributed by atoms with Gasteiger partial charge in [-0.1, -0.05) is 18.2 Å². The standard InChI is InChI=1S/C19H20N8O/c1-24-17-16(11-22-24)18(21-12-20-17)26-8-6-25(7-9-26)13-27-19(28)15-5-3-2-4-14(15)10-23-27/h2-5,10-12H,6-9,13H2,1H3. The van der Waals surface area contributed by atoms with Crippen LogP contribution in [-0.2, 0) is 13.7 Å². The van der Waals surface area contributed by atoms with Gasteiger partial charge in [0.25, 0.3) is 5.56 Å². The van der Waals surface area contributed by atoms with Crippen LogP contribution in [-0.4, -0.2) is 60.6 Å². The number of hydrogen-bond donors (Lipinski definition) is 0. The monoisotopic (exact) mass is 376 g/mol. The average Bonchev–Trinajstić information content (AvgIpc) is 3.12. The Labute approximate surface area is 160 Å². The van der Waals surface area contributed by atoms with Crippen LogP contribution in [0.3, 0.4) is 0 Å². The summed E-state index contributed by atoms with van der Waals surface area (Å²) in [5.74, 6) is 0.916. The van der Waals surface area contributed by atoms with Crippen LogP contribution >= 0.6 is 0 Å².